The van der Waals surface area contributed by atoms with E-state index in [0.29, 0.717) is 0 Å². The van der Waals surface area contributed by atoms with Gasteiger partial charge in [-0.3, -0.25) is 9.78 Å². The molecule has 0 radical (unpaired) electrons. The largest absolute Gasteiger partial charge is 0.316 e. The summed E-state index contributed by atoms with van der Waals surface area (Å²) in [6.45, 7) is 3.83. The van der Waals surface area contributed by atoms with E-state index in [2.05, 4.69) is 17.2 Å². The minimum Gasteiger partial charge on any atom is -0.316 e. The quantitative estimate of drug-likeness (QED) is 0.838. The summed E-state index contributed by atoms with van der Waals surface area (Å²) in [5.41, 5.74) is 1.27. The highest BCUT2D eigenvalue weighted by atomic mass is 16.1. The molecule has 0 saturated carbocycles. The number of carbonyl (C=O) groups is 1. The van der Waals surface area contributed by atoms with Gasteiger partial charge in [-0.15, -0.1) is 0 Å². The van der Waals surface area contributed by atoms with Crippen LogP contribution in [0.2, 0.25) is 0 Å². The van der Waals surface area contributed by atoms with E-state index in [1.165, 1.54) is 0 Å². The number of Topliss-reactive ketones (excluding diaryl/α,β-unsaturated/α-hetero) is 1. The fraction of sp³-hybridized carbons (Fsp3) is 0.375. The van der Waals surface area contributed by atoms with Crippen LogP contribution in [-0.4, -0.2) is 23.9 Å². The van der Waals surface area contributed by atoms with Gasteiger partial charge in [-0.05, 0) is 31.5 Å². The Bertz CT molecular complexity index is 610. The van der Waals surface area contributed by atoms with Crippen LogP contribution >= 0.6 is 0 Å². The average molecular weight is 254 g/mol. The van der Waals surface area contributed by atoms with Gasteiger partial charge in [-0.2, -0.15) is 0 Å². The van der Waals surface area contributed by atoms with E-state index >= 15 is 0 Å². The zero-order valence-corrected chi connectivity index (χ0v) is 11.1. The summed E-state index contributed by atoms with van der Waals surface area (Å²) in [6, 6.07) is 9.75. The van der Waals surface area contributed by atoms with Crippen molar-refractivity contribution in [2.45, 2.75) is 19.8 Å². The third-order valence-electron chi connectivity index (χ3n) is 4.02. The zero-order valence-electron chi connectivity index (χ0n) is 11.1. The van der Waals surface area contributed by atoms with E-state index in [1.807, 2.05) is 30.3 Å². The van der Waals surface area contributed by atoms with Gasteiger partial charge in [0.05, 0.1) is 5.52 Å². The summed E-state index contributed by atoms with van der Waals surface area (Å²) < 4.78 is 0. The molecule has 0 spiro atoms. The fourth-order valence-corrected chi connectivity index (χ4v) is 2.86. The van der Waals surface area contributed by atoms with Crippen molar-refractivity contribution in [3.8, 4) is 0 Å². The van der Waals surface area contributed by atoms with Crippen molar-refractivity contribution in [1.29, 1.82) is 0 Å². The lowest BCUT2D eigenvalue weighted by Gasteiger charge is -2.32. The van der Waals surface area contributed by atoms with Gasteiger partial charge in [-0.25, -0.2) is 0 Å². The molecule has 3 nitrogen and oxygen atoms in total. The van der Waals surface area contributed by atoms with Gasteiger partial charge >= 0.3 is 0 Å². The van der Waals surface area contributed by atoms with E-state index in [-0.39, 0.29) is 11.2 Å². The third kappa shape index (κ3) is 2.15. The summed E-state index contributed by atoms with van der Waals surface area (Å²) in [7, 11) is 0. The minimum absolute atomic E-state index is 0.212. The molecule has 3 heteroatoms. The number of piperidine rings is 1. The van der Waals surface area contributed by atoms with Crippen molar-refractivity contribution in [1.82, 2.24) is 10.3 Å². The minimum atomic E-state index is -0.302. The highest BCUT2D eigenvalue weighted by Gasteiger charge is 2.35. The van der Waals surface area contributed by atoms with Crippen molar-refractivity contribution in [2.75, 3.05) is 13.1 Å². The van der Waals surface area contributed by atoms with Crippen molar-refractivity contribution in [3.05, 3.63) is 42.1 Å². The molecule has 1 unspecified atom stereocenters. The van der Waals surface area contributed by atoms with Gasteiger partial charge < -0.3 is 5.32 Å². The molecule has 0 aliphatic carbocycles. The number of aromatic nitrogens is 1. The Morgan fingerprint density at radius 3 is 2.95 bits per heavy atom. The van der Waals surface area contributed by atoms with Crippen LogP contribution in [0.5, 0.6) is 0 Å². The Hall–Kier alpha value is -1.74. The Labute approximate surface area is 113 Å². The number of rotatable bonds is 2. The van der Waals surface area contributed by atoms with Crippen LogP contribution in [0.3, 0.4) is 0 Å². The Morgan fingerprint density at radius 1 is 1.32 bits per heavy atom. The topological polar surface area (TPSA) is 42.0 Å². The first-order valence-corrected chi connectivity index (χ1v) is 6.80. The number of hydrogen-bond donors (Lipinski definition) is 1. The summed E-state index contributed by atoms with van der Waals surface area (Å²) in [5, 5.41) is 4.36. The van der Waals surface area contributed by atoms with E-state index in [1.54, 1.807) is 6.20 Å². The van der Waals surface area contributed by atoms with Gasteiger partial charge in [0.2, 0.25) is 0 Å². The van der Waals surface area contributed by atoms with Gasteiger partial charge in [0, 0.05) is 29.1 Å². The van der Waals surface area contributed by atoms with Gasteiger partial charge in [0.25, 0.3) is 0 Å². The van der Waals surface area contributed by atoms with Crippen LogP contribution in [-0.2, 0) is 0 Å². The summed E-state index contributed by atoms with van der Waals surface area (Å²) >= 11 is 0. The van der Waals surface area contributed by atoms with Gasteiger partial charge in [0.1, 0.15) is 0 Å². The molecule has 3 rings (SSSR count). The molecule has 1 aromatic heterocycles. The number of para-hydroxylation sites is 1. The normalized spacial score (nSPS) is 23.4. The van der Waals surface area contributed by atoms with Crippen LogP contribution in [0.15, 0.2) is 36.5 Å². The summed E-state index contributed by atoms with van der Waals surface area (Å²) in [5.74, 6) is 0.212. The van der Waals surface area contributed by atoms with Gasteiger partial charge in [0.15, 0.2) is 5.78 Å². The lowest BCUT2D eigenvalue weighted by Crippen LogP contribution is -2.43. The van der Waals surface area contributed by atoms with Crippen molar-refractivity contribution >= 4 is 16.7 Å². The lowest BCUT2D eigenvalue weighted by atomic mass is 9.76. The van der Waals surface area contributed by atoms with Crippen molar-refractivity contribution in [2.24, 2.45) is 5.41 Å². The van der Waals surface area contributed by atoms with Crippen molar-refractivity contribution in [3.63, 3.8) is 0 Å². The monoisotopic (exact) mass is 254 g/mol. The smallest absolute Gasteiger partial charge is 0.172 e. The maximum atomic E-state index is 12.9. The Balaban J connectivity index is 2.06. The number of hydrogen-bond acceptors (Lipinski definition) is 3. The second-order valence-corrected chi connectivity index (χ2v) is 5.55. The fourth-order valence-electron chi connectivity index (χ4n) is 2.86. The first kappa shape index (κ1) is 12.3. The molecule has 1 N–H and O–H groups in total. The molecule has 0 bridgehead atoms. The number of benzene rings is 1. The van der Waals surface area contributed by atoms with Crippen molar-refractivity contribution < 1.29 is 4.79 Å². The molecule has 19 heavy (non-hydrogen) atoms. The molecule has 98 valence electrons. The third-order valence-corrected chi connectivity index (χ3v) is 4.02. The molecule has 1 fully saturated rings. The predicted molar refractivity (Wildman–Crippen MR) is 76.3 cm³/mol. The van der Waals surface area contributed by atoms with E-state index in [0.717, 1.165) is 42.4 Å². The van der Waals surface area contributed by atoms with E-state index < -0.39 is 0 Å². The number of nitrogens with zero attached hydrogens (tertiary/aromatic N) is 1. The maximum absolute atomic E-state index is 12.9. The first-order chi connectivity index (χ1) is 9.21. The lowest BCUT2D eigenvalue weighted by molar-refractivity contribution is 0.0774. The second kappa shape index (κ2) is 4.74. The molecule has 1 atom stereocenters. The van der Waals surface area contributed by atoms with Crippen LogP contribution in [0.1, 0.15) is 30.1 Å². The number of carbonyl (C=O) groups excluding carboxylic acids is 1. The molecule has 1 saturated heterocycles. The molecule has 1 aromatic carbocycles. The molecular formula is C16H18N2O. The number of ketones is 1. The van der Waals surface area contributed by atoms with E-state index in [9.17, 15) is 4.79 Å². The number of nitrogens with one attached hydrogen (secondary N) is 1. The highest BCUT2D eigenvalue weighted by molar-refractivity contribution is 6.09. The summed E-state index contributed by atoms with van der Waals surface area (Å²) in [6.07, 6.45) is 3.75. The standard InChI is InChI=1S/C16H18N2O/c1-16(8-4-9-17-11-16)15(19)13-7-2-5-12-6-3-10-18-14(12)13/h2-3,5-7,10,17H,4,8-9,11H2,1H3. The molecule has 1 aliphatic rings. The zero-order chi connectivity index (χ0) is 13.3. The Kier molecular flexibility index (Phi) is 3.07. The van der Waals surface area contributed by atoms with Crippen LogP contribution in [0, 0.1) is 5.41 Å². The van der Waals surface area contributed by atoms with Crippen LogP contribution < -0.4 is 5.32 Å². The first-order valence-electron chi connectivity index (χ1n) is 6.80. The van der Waals surface area contributed by atoms with Crippen LogP contribution in [0.4, 0.5) is 0 Å². The predicted octanol–water partition coefficient (Wildman–Crippen LogP) is 2.81. The SMILES string of the molecule is CC1(C(=O)c2cccc3cccnc23)CCCNC1. The number of pyridine rings is 1. The number of fused-ring (bicyclic) bond motifs is 1. The van der Waals surface area contributed by atoms with E-state index in [4.69, 9.17) is 0 Å². The molecule has 2 heterocycles. The molecular weight excluding hydrogens is 236 g/mol. The maximum Gasteiger partial charge on any atom is 0.172 e. The second-order valence-electron chi connectivity index (χ2n) is 5.55. The average Bonchev–Trinajstić information content (AvgIpc) is 2.47. The summed E-state index contributed by atoms with van der Waals surface area (Å²) in [4.78, 5) is 17.2. The van der Waals surface area contributed by atoms with Crippen LogP contribution in [0.25, 0.3) is 10.9 Å². The molecule has 1 aliphatic heterocycles. The Morgan fingerprint density at radius 2 is 2.16 bits per heavy atom. The molecule has 0 amide bonds. The van der Waals surface area contributed by atoms with Gasteiger partial charge in [-0.1, -0.05) is 25.1 Å². The highest BCUT2D eigenvalue weighted by Crippen LogP contribution is 2.31. The molecule has 2 aromatic rings.